The molecule has 0 unspecified atom stereocenters. The first kappa shape index (κ1) is 13.1. The van der Waals surface area contributed by atoms with Crippen LogP contribution < -0.4 is 5.73 Å². The number of hydrogen-bond donors (Lipinski definition) is 1. The van der Waals surface area contributed by atoms with Crippen molar-refractivity contribution in [3.63, 3.8) is 0 Å². The number of carbonyl (C=O) groups is 1. The maximum atomic E-state index is 12.5. The van der Waals surface area contributed by atoms with E-state index in [0.29, 0.717) is 17.5 Å². The molecule has 2 rings (SSSR count). The molecule has 1 aliphatic rings. The number of hydrogen-bond acceptors (Lipinski definition) is 3. The van der Waals surface area contributed by atoms with Crippen LogP contribution in [0.4, 0.5) is 0 Å². The van der Waals surface area contributed by atoms with Gasteiger partial charge in [-0.1, -0.05) is 19.1 Å². The summed E-state index contributed by atoms with van der Waals surface area (Å²) in [5.74, 6) is 0.534. The number of amides is 1. The van der Waals surface area contributed by atoms with Gasteiger partial charge in [0, 0.05) is 19.2 Å². The summed E-state index contributed by atoms with van der Waals surface area (Å²) in [6, 6.07) is 1.85. The number of thiocarbonyl (C=S) groups is 1. The van der Waals surface area contributed by atoms with Crippen LogP contribution in [0.1, 0.15) is 25.3 Å². The number of nitrogens with two attached hydrogens (primary N) is 1. The lowest BCUT2D eigenvalue weighted by Crippen LogP contribution is -2.56. The summed E-state index contributed by atoms with van der Waals surface area (Å²) >= 11 is 5.09. The summed E-state index contributed by atoms with van der Waals surface area (Å²) in [5.41, 5.74) is 6.12. The van der Waals surface area contributed by atoms with Crippen molar-refractivity contribution >= 4 is 23.1 Å². The van der Waals surface area contributed by atoms with E-state index in [0.717, 1.165) is 18.4 Å². The second kappa shape index (κ2) is 4.72. The molecule has 1 saturated carbocycles. The fraction of sp³-hybridized carbons (Fsp3) is 0.538. The van der Waals surface area contributed by atoms with Crippen LogP contribution in [0.3, 0.4) is 0 Å². The quantitative estimate of drug-likeness (QED) is 0.846. The summed E-state index contributed by atoms with van der Waals surface area (Å²) < 4.78 is 5.00. The molecule has 0 atom stereocenters. The number of furan rings is 1. The molecular weight excluding hydrogens is 248 g/mol. The molecule has 18 heavy (non-hydrogen) atoms. The van der Waals surface area contributed by atoms with Crippen LogP contribution in [0.25, 0.3) is 0 Å². The lowest BCUT2D eigenvalue weighted by Gasteiger charge is -2.45. The van der Waals surface area contributed by atoms with E-state index in [-0.39, 0.29) is 5.91 Å². The van der Waals surface area contributed by atoms with Crippen molar-refractivity contribution in [2.75, 3.05) is 7.05 Å². The zero-order chi connectivity index (χ0) is 13.3. The van der Waals surface area contributed by atoms with Crippen LogP contribution >= 0.6 is 12.2 Å². The highest BCUT2D eigenvalue weighted by Crippen LogP contribution is 2.47. The Morgan fingerprint density at radius 1 is 1.67 bits per heavy atom. The van der Waals surface area contributed by atoms with Gasteiger partial charge < -0.3 is 15.1 Å². The third-order valence-corrected chi connectivity index (χ3v) is 4.01. The van der Waals surface area contributed by atoms with Gasteiger partial charge in [0.1, 0.15) is 0 Å². The molecule has 1 aromatic heterocycles. The Hall–Kier alpha value is -1.36. The van der Waals surface area contributed by atoms with Gasteiger partial charge in [0.2, 0.25) is 5.91 Å². The van der Waals surface area contributed by atoms with Crippen LogP contribution in [0.15, 0.2) is 23.0 Å². The van der Waals surface area contributed by atoms with E-state index < -0.39 is 5.41 Å². The molecule has 1 heterocycles. The maximum Gasteiger partial charge on any atom is 0.235 e. The maximum absolute atomic E-state index is 12.5. The summed E-state index contributed by atoms with van der Waals surface area (Å²) in [7, 11) is 1.78. The van der Waals surface area contributed by atoms with Crippen molar-refractivity contribution in [2.24, 2.45) is 17.1 Å². The van der Waals surface area contributed by atoms with Gasteiger partial charge in [0.15, 0.2) is 0 Å². The molecule has 1 aromatic rings. The van der Waals surface area contributed by atoms with Crippen molar-refractivity contribution < 1.29 is 9.21 Å². The van der Waals surface area contributed by atoms with Crippen molar-refractivity contribution in [3.8, 4) is 0 Å². The first-order chi connectivity index (χ1) is 8.45. The fourth-order valence-corrected chi connectivity index (χ4v) is 2.96. The van der Waals surface area contributed by atoms with Crippen LogP contribution in [-0.2, 0) is 11.3 Å². The molecular formula is C13H18N2O2S. The molecule has 98 valence electrons. The van der Waals surface area contributed by atoms with Gasteiger partial charge >= 0.3 is 0 Å². The topological polar surface area (TPSA) is 59.5 Å². The van der Waals surface area contributed by atoms with Gasteiger partial charge in [0.25, 0.3) is 0 Å². The molecule has 0 bridgehead atoms. The van der Waals surface area contributed by atoms with E-state index in [1.165, 1.54) is 0 Å². The van der Waals surface area contributed by atoms with Crippen molar-refractivity contribution in [1.29, 1.82) is 0 Å². The highest BCUT2D eigenvalue weighted by Gasteiger charge is 2.51. The van der Waals surface area contributed by atoms with Gasteiger partial charge in [0.05, 0.1) is 22.9 Å². The average Bonchev–Trinajstić information content (AvgIpc) is 2.75. The second-order valence-electron chi connectivity index (χ2n) is 5.25. The molecule has 0 spiro atoms. The van der Waals surface area contributed by atoms with Crippen molar-refractivity contribution in [3.05, 3.63) is 24.2 Å². The van der Waals surface area contributed by atoms with E-state index in [9.17, 15) is 4.79 Å². The summed E-state index contributed by atoms with van der Waals surface area (Å²) in [4.78, 5) is 14.5. The van der Waals surface area contributed by atoms with E-state index in [1.807, 2.05) is 6.07 Å². The Balaban J connectivity index is 2.08. The highest BCUT2D eigenvalue weighted by molar-refractivity contribution is 7.80. The molecule has 5 heteroatoms. The molecule has 4 nitrogen and oxygen atoms in total. The molecule has 1 aliphatic carbocycles. The van der Waals surface area contributed by atoms with E-state index in [4.69, 9.17) is 22.4 Å². The number of rotatable bonds is 4. The van der Waals surface area contributed by atoms with Crippen LogP contribution in [0.2, 0.25) is 0 Å². The van der Waals surface area contributed by atoms with E-state index in [2.05, 4.69) is 6.92 Å². The molecule has 0 saturated heterocycles. The minimum atomic E-state index is -0.618. The fourth-order valence-electron chi connectivity index (χ4n) is 2.70. The molecule has 0 aliphatic heterocycles. The smallest absolute Gasteiger partial charge is 0.235 e. The molecule has 1 fully saturated rings. The van der Waals surface area contributed by atoms with Crippen LogP contribution in [0, 0.1) is 11.3 Å². The molecule has 1 amide bonds. The zero-order valence-corrected chi connectivity index (χ0v) is 11.5. The Bertz CT molecular complexity index is 450. The average molecular weight is 266 g/mol. The Morgan fingerprint density at radius 2 is 2.33 bits per heavy atom. The highest BCUT2D eigenvalue weighted by atomic mass is 32.1. The third kappa shape index (κ3) is 2.14. The van der Waals surface area contributed by atoms with E-state index in [1.54, 1.807) is 24.5 Å². The molecule has 2 N–H and O–H groups in total. The van der Waals surface area contributed by atoms with Crippen LogP contribution in [-0.4, -0.2) is 22.8 Å². The van der Waals surface area contributed by atoms with Gasteiger partial charge in [-0.2, -0.15) is 0 Å². The zero-order valence-electron chi connectivity index (χ0n) is 10.7. The SMILES string of the molecule is CC1CC(C(=O)N(C)Cc2ccoc2)(C(N)=S)C1. The van der Waals surface area contributed by atoms with E-state index >= 15 is 0 Å². The van der Waals surface area contributed by atoms with Gasteiger partial charge in [-0.3, -0.25) is 4.79 Å². The lowest BCUT2D eigenvalue weighted by atomic mass is 9.61. The third-order valence-electron chi connectivity index (χ3n) is 3.62. The molecule has 0 radical (unpaired) electrons. The second-order valence-corrected chi connectivity index (χ2v) is 5.69. The Labute approximate surface area is 112 Å². The largest absolute Gasteiger partial charge is 0.472 e. The first-order valence-corrected chi connectivity index (χ1v) is 6.43. The minimum absolute atomic E-state index is 0.0225. The minimum Gasteiger partial charge on any atom is -0.472 e. The Morgan fingerprint density at radius 3 is 2.78 bits per heavy atom. The summed E-state index contributed by atoms with van der Waals surface area (Å²) in [6.45, 7) is 2.63. The number of carbonyl (C=O) groups excluding carboxylic acids is 1. The van der Waals surface area contributed by atoms with Crippen molar-refractivity contribution in [2.45, 2.75) is 26.3 Å². The van der Waals surface area contributed by atoms with Crippen molar-refractivity contribution in [1.82, 2.24) is 4.90 Å². The number of nitrogens with zero attached hydrogens (tertiary/aromatic N) is 1. The van der Waals surface area contributed by atoms with Gasteiger partial charge in [-0.05, 0) is 24.8 Å². The monoisotopic (exact) mass is 266 g/mol. The predicted molar refractivity (Wildman–Crippen MR) is 72.8 cm³/mol. The normalized spacial score (nSPS) is 26.4. The lowest BCUT2D eigenvalue weighted by molar-refractivity contribution is -0.143. The Kier molecular flexibility index (Phi) is 3.43. The first-order valence-electron chi connectivity index (χ1n) is 6.02. The summed E-state index contributed by atoms with van der Waals surface area (Å²) in [5, 5.41) is 0. The van der Waals surface area contributed by atoms with Gasteiger partial charge in [-0.25, -0.2) is 0 Å². The molecule has 0 aromatic carbocycles. The standard InChI is InChI=1S/C13H18N2O2S/c1-9-5-13(6-9,11(14)18)12(16)15(2)7-10-3-4-17-8-10/h3-4,8-9H,5-7H2,1-2H3,(H2,14,18). The van der Waals surface area contributed by atoms with Crippen LogP contribution in [0.5, 0.6) is 0 Å². The predicted octanol–water partition coefficient (Wildman–Crippen LogP) is 1.94. The van der Waals surface area contributed by atoms with Gasteiger partial charge in [-0.15, -0.1) is 0 Å². The summed E-state index contributed by atoms with van der Waals surface area (Å²) in [6.07, 6.45) is 4.76.